The van der Waals surface area contributed by atoms with E-state index in [9.17, 15) is 9.59 Å². The van der Waals surface area contributed by atoms with Crippen molar-refractivity contribution in [3.05, 3.63) is 0 Å². The number of nitrogens with one attached hydrogen (secondary N) is 1. The number of carbonyl (C=O) groups is 2. The van der Waals surface area contributed by atoms with Crippen LogP contribution < -0.4 is 5.32 Å². The molecule has 2 atom stereocenters. The van der Waals surface area contributed by atoms with E-state index in [1.165, 1.54) is 0 Å². The Kier molecular flexibility index (Phi) is 2.65. The summed E-state index contributed by atoms with van der Waals surface area (Å²) in [5.41, 5.74) is -0.825. The minimum absolute atomic E-state index is 0.0799. The standard InChI is InChI=1S/C10H15NO4/c1-2-14-9(13)10(5-7-6-15-7)4-3-8(12)11-10/h7H,2-6H2,1H3,(H,11,12). The smallest absolute Gasteiger partial charge is 0.331 e. The fraction of sp³-hybridized carbons (Fsp3) is 0.800. The predicted molar refractivity (Wildman–Crippen MR) is 51.1 cm³/mol. The number of esters is 1. The minimum Gasteiger partial charge on any atom is -0.464 e. The van der Waals surface area contributed by atoms with Crippen LogP contribution in [-0.2, 0) is 19.1 Å². The van der Waals surface area contributed by atoms with Crippen LogP contribution >= 0.6 is 0 Å². The molecule has 0 aromatic rings. The summed E-state index contributed by atoms with van der Waals surface area (Å²) in [6.45, 7) is 2.77. The molecule has 2 unspecified atom stereocenters. The van der Waals surface area contributed by atoms with E-state index in [-0.39, 0.29) is 18.0 Å². The lowest BCUT2D eigenvalue weighted by Crippen LogP contribution is -2.50. The van der Waals surface area contributed by atoms with E-state index in [1.54, 1.807) is 6.92 Å². The number of hydrogen-bond donors (Lipinski definition) is 1. The Morgan fingerprint density at radius 1 is 1.73 bits per heavy atom. The fourth-order valence-corrected chi connectivity index (χ4v) is 1.95. The molecule has 2 rings (SSSR count). The van der Waals surface area contributed by atoms with Crippen LogP contribution in [0.4, 0.5) is 0 Å². The maximum atomic E-state index is 11.8. The van der Waals surface area contributed by atoms with Crippen LogP contribution in [0.2, 0.25) is 0 Å². The molecule has 84 valence electrons. The van der Waals surface area contributed by atoms with E-state index in [0.717, 1.165) is 0 Å². The Morgan fingerprint density at radius 3 is 2.93 bits per heavy atom. The molecule has 0 aromatic heterocycles. The quantitative estimate of drug-likeness (QED) is 0.526. The van der Waals surface area contributed by atoms with Gasteiger partial charge in [-0.1, -0.05) is 0 Å². The van der Waals surface area contributed by atoms with E-state index >= 15 is 0 Å². The van der Waals surface area contributed by atoms with Gasteiger partial charge in [-0.3, -0.25) is 4.79 Å². The molecule has 5 nitrogen and oxygen atoms in total. The molecule has 2 fully saturated rings. The Hall–Kier alpha value is -1.10. The van der Waals surface area contributed by atoms with Gasteiger partial charge >= 0.3 is 5.97 Å². The summed E-state index contributed by atoms with van der Waals surface area (Å²) in [6.07, 6.45) is 1.56. The van der Waals surface area contributed by atoms with Crippen molar-refractivity contribution in [2.75, 3.05) is 13.2 Å². The molecule has 2 aliphatic rings. The van der Waals surface area contributed by atoms with Gasteiger partial charge in [0, 0.05) is 12.8 Å². The summed E-state index contributed by atoms with van der Waals surface area (Å²) in [7, 11) is 0. The monoisotopic (exact) mass is 213 g/mol. The van der Waals surface area contributed by atoms with Crippen molar-refractivity contribution < 1.29 is 19.1 Å². The van der Waals surface area contributed by atoms with E-state index in [0.29, 0.717) is 32.5 Å². The second kappa shape index (κ2) is 3.81. The van der Waals surface area contributed by atoms with E-state index in [4.69, 9.17) is 9.47 Å². The Balaban J connectivity index is 2.06. The first-order valence-electron chi connectivity index (χ1n) is 5.26. The molecule has 2 saturated heterocycles. The summed E-state index contributed by atoms with van der Waals surface area (Å²) in [4.78, 5) is 23.0. The van der Waals surface area contributed by atoms with Crippen LogP contribution in [-0.4, -0.2) is 36.7 Å². The first-order chi connectivity index (χ1) is 7.16. The highest BCUT2D eigenvalue weighted by molar-refractivity contribution is 5.91. The van der Waals surface area contributed by atoms with Crippen LogP contribution in [0.15, 0.2) is 0 Å². The van der Waals surface area contributed by atoms with Gasteiger partial charge in [0.2, 0.25) is 5.91 Å². The SMILES string of the molecule is CCOC(=O)C1(CC2CO2)CCC(=O)N1. The summed E-state index contributed by atoms with van der Waals surface area (Å²) in [5.74, 6) is -0.407. The summed E-state index contributed by atoms with van der Waals surface area (Å²) >= 11 is 0. The van der Waals surface area contributed by atoms with Gasteiger partial charge in [-0.25, -0.2) is 4.79 Å². The lowest BCUT2D eigenvalue weighted by atomic mass is 9.92. The van der Waals surface area contributed by atoms with Gasteiger partial charge in [0.05, 0.1) is 19.3 Å². The molecule has 1 amide bonds. The van der Waals surface area contributed by atoms with Crippen LogP contribution in [0.25, 0.3) is 0 Å². The highest BCUT2D eigenvalue weighted by Gasteiger charge is 2.49. The number of rotatable bonds is 4. The Labute approximate surface area is 88.1 Å². The maximum absolute atomic E-state index is 11.8. The number of amides is 1. The Bertz CT molecular complexity index is 287. The summed E-state index contributed by atoms with van der Waals surface area (Å²) in [5, 5.41) is 2.73. The molecular formula is C10H15NO4. The molecule has 15 heavy (non-hydrogen) atoms. The zero-order valence-electron chi connectivity index (χ0n) is 8.75. The second-order valence-electron chi connectivity index (χ2n) is 4.01. The first kappa shape index (κ1) is 10.4. The van der Waals surface area contributed by atoms with Crippen molar-refractivity contribution >= 4 is 11.9 Å². The lowest BCUT2D eigenvalue weighted by Gasteiger charge is -2.25. The fourth-order valence-electron chi connectivity index (χ4n) is 1.95. The zero-order valence-corrected chi connectivity index (χ0v) is 8.75. The van der Waals surface area contributed by atoms with Gasteiger partial charge in [0.1, 0.15) is 5.54 Å². The number of epoxide rings is 1. The largest absolute Gasteiger partial charge is 0.464 e. The van der Waals surface area contributed by atoms with Crippen LogP contribution in [0.3, 0.4) is 0 Å². The maximum Gasteiger partial charge on any atom is 0.331 e. The van der Waals surface area contributed by atoms with E-state index in [1.807, 2.05) is 0 Å². The molecule has 0 aliphatic carbocycles. The van der Waals surface area contributed by atoms with E-state index < -0.39 is 5.54 Å². The molecule has 5 heteroatoms. The summed E-state index contributed by atoms with van der Waals surface area (Å²) in [6, 6.07) is 0. The topological polar surface area (TPSA) is 67.9 Å². The molecular weight excluding hydrogens is 198 g/mol. The molecule has 0 saturated carbocycles. The van der Waals surface area contributed by atoms with Crippen molar-refractivity contribution in [2.24, 2.45) is 0 Å². The highest BCUT2D eigenvalue weighted by atomic mass is 16.6. The van der Waals surface area contributed by atoms with Crippen molar-refractivity contribution in [1.82, 2.24) is 5.32 Å². The second-order valence-corrected chi connectivity index (χ2v) is 4.01. The van der Waals surface area contributed by atoms with Crippen molar-refractivity contribution in [1.29, 1.82) is 0 Å². The van der Waals surface area contributed by atoms with Gasteiger partial charge < -0.3 is 14.8 Å². The third-order valence-corrected chi connectivity index (χ3v) is 2.80. The molecule has 0 spiro atoms. The lowest BCUT2D eigenvalue weighted by molar-refractivity contribution is -0.152. The molecule has 2 aliphatic heterocycles. The highest BCUT2D eigenvalue weighted by Crippen LogP contribution is 2.31. The predicted octanol–water partition coefficient (Wildman–Crippen LogP) is -0.0128. The molecule has 1 N–H and O–H groups in total. The zero-order chi connectivity index (χ0) is 10.9. The number of hydrogen-bond acceptors (Lipinski definition) is 4. The van der Waals surface area contributed by atoms with Crippen molar-refractivity contribution in [2.45, 2.75) is 37.8 Å². The van der Waals surface area contributed by atoms with Crippen LogP contribution in [0, 0.1) is 0 Å². The van der Waals surface area contributed by atoms with Gasteiger partial charge in [0.25, 0.3) is 0 Å². The number of ether oxygens (including phenoxy) is 2. The van der Waals surface area contributed by atoms with Crippen molar-refractivity contribution in [3.8, 4) is 0 Å². The van der Waals surface area contributed by atoms with Gasteiger partial charge in [-0.05, 0) is 13.3 Å². The van der Waals surface area contributed by atoms with Crippen LogP contribution in [0.5, 0.6) is 0 Å². The average molecular weight is 213 g/mol. The normalized spacial score (nSPS) is 33.7. The Morgan fingerprint density at radius 2 is 2.47 bits per heavy atom. The van der Waals surface area contributed by atoms with E-state index in [2.05, 4.69) is 5.32 Å². The molecule has 2 heterocycles. The average Bonchev–Trinajstić information content (AvgIpc) is 2.91. The van der Waals surface area contributed by atoms with Gasteiger partial charge in [0.15, 0.2) is 0 Å². The molecule has 0 radical (unpaired) electrons. The third kappa shape index (κ3) is 2.12. The van der Waals surface area contributed by atoms with Crippen LogP contribution in [0.1, 0.15) is 26.2 Å². The number of carbonyl (C=O) groups excluding carboxylic acids is 2. The minimum atomic E-state index is -0.825. The molecule has 0 aromatic carbocycles. The third-order valence-electron chi connectivity index (χ3n) is 2.80. The van der Waals surface area contributed by atoms with Gasteiger partial charge in [-0.2, -0.15) is 0 Å². The van der Waals surface area contributed by atoms with Gasteiger partial charge in [-0.15, -0.1) is 0 Å². The first-order valence-corrected chi connectivity index (χ1v) is 5.26. The molecule has 0 bridgehead atoms. The summed E-state index contributed by atoms with van der Waals surface area (Å²) < 4.78 is 10.1. The van der Waals surface area contributed by atoms with Crippen molar-refractivity contribution in [3.63, 3.8) is 0 Å².